The molecule has 1 aliphatic heterocycles. The van der Waals surface area contributed by atoms with Gasteiger partial charge in [-0.3, -0.25) is 4.79 Å². The molecule has 9 nitrogen and oxygen atoms in total. The van der Waals surface area contributed by atoms with Gasteiger partial charge < -0.3 is 14.5 Å². The predicted molar refractivity (Wildman–Crippen MR) is 163 cm³/mol. The van der Waals surface area contributed by atoms with Crippen molar-refractivity contribution < 1.29 is 4.79 Å². The van der Waals surface area contributed by atoms with Crippen LogP contribution in [0.5, 0.6) is 0 Å². The summed E-state index contributed by atoms with van der Waals surface area (Å²) in [4.78, 5) is 28.1. The highest BCUT2D eigenvalue weighted by Crippen LogP contribution is 2.35. The van der Waals surface area contributed by atoms with Crippen LogP contribution in [-0.4, -0.2) is 51.9 Å². The van der Waals surface area contributed by atoms with Gasteiger partial charge in [0.25, 0.3) is 5.91 Å². The maximum absolute atomic E-state index is 13.8. The van der Waals surface area contributed by atoms with Crippen LogP contribution in [0.4, 0.5) is 0 Å². The van der Waals surface area contributed by atoms with Crippen molar-refractivity contribution in [1.82, 2.24) is 39.4 Å². The molecular weight excluding hydrogens is 592 g/mol. The summed E-state index contributed by atoms with van der Waals surface area (Å²) in [7, 11) is 0. The number of hydrogen-bond acceptors (Lipinski definition) is 5. The van der Waals surface area contributed by atoms with Gasteiger partial charge in [0.05, 0.1) is 48.7 Å². The van der Waals surface area contributed by atoms with Crippen LogP contribution in [0.1, 0.15) is 55.7 Å². The standard InChI is InChI=1S/C32H29BrN8O/c1-20-13-28-29(14-21(20)2)39(19-36-28)16-26-17-40(38-37-26)15-22-3-5-24(6-4-22)32(42)41-12-11-27-30(35-18-34-27)31(41)23-7-9-25(33)10-8-23/h3-10,13-14,17-19,31H,11-12,15-16H2,1-2H3,(H,34,35). The number of nitrogens with one attached hydrogen (secondary N) is 1. The van der Waals surface area contributed by atoms with Gasteiger partial charge in [-0.15, -0.1) is 5.10 Å². The van der Waals surface area contributed by atoms with Gasteiger partial charge in [-0.2, -0.15) is 0 Å². The third-order valence-electron chi connectivity index (χ3n) is 8.07. The van der Waals surface area contributed by atoms with Crippen molar-refractivity contribution in [2.75, 3.05) is 6.54 Å². The summed E-state index contributed by atoms with van der Waals surface area (Å²) < 4.78 is 4.93. The number of carbonyl (C=O) groups is 1. The third-order valence-corrected chi connectivity index (χ3v) is 8.60. The molecule has 1 unspecified atom stereocenters. The summed E-state index contributed by atoms with van der Waals surface area (Å²) >= 11 is 3.52. The normalized spacial score (nSPS) is 14.8. The van der Waals surface area contributed by atoms with Gasteiger partial charge in [-0.1, -0.05) is 45.4 Å². The highest BCUT2D eigenvalue weighted by atomic mass is 79.9. The van der Waals surface area contributed by atoms with Crippen molar-refractivity contribution in [1.29, 1.82) is 0 Å². The van der Waals surface area contributed by atoms with E-state index in [1.54, 1.807) is 6.33 Å². The fourth-order valence-corrected chi connectivity index (χ4v) is 5.95. The summed E-state index contributed by atoms with van der Waals surface area (Å²) in [6, 6.07) is 19.9. The average Bonchev–Trinajstić information content (AvgIpc) is 3.74. The van der Waals surface area contributed by atoms with E-state index in [-0.39, 0.29) is 11.9 Å². The van der Waals surface area contributed by atoms with Gasteiger partial charge in [0.1, 0.15) is 11.7 Å². The molecule has 10 heteroatoms. The molecule has 1 N–H and O–H groups in total. The van der Waals surface area contributed by atoms with Gasteiger partial charge in [0.15, 0.2) is 0 Å². The number of fused-ring (bicyclic) bond motifs is 2. The average molecular weight is 622 g/mol. The molecule has 1 atom stereocenters. The fourth-order valence-electron chi connectivity index (χ4n) is 5.69. The van der Waals surface area contributed by atoms with E-state index in [0.29, 0.717) is 25.2 Å². The van der Waals surface area contributed by atoms with Crippen LogP contribution in [-0.2, 0) is 19.5 Å². The summed E-state index contributed by atoms with van der Waals surface area (Å²) in [6.45, 7) is 5.99. The first-order valence-corrected chi connectivity index (χ1v) is 14.7. The van der Waals surface area contributed by atoms with Crippen LogP contribution in [0.3, 0.4) is 0 Å². The van der Waals surface area contributed by atoms with Crippen molar-refractivity contribution in [2.45, 2.75) is 39.4 Å². The number of aromatic amines is 1. The smallest absolute Gasteiger partial charge is 0.254 e. The molecule has 1 aliphatic rings. The van der Waals surface area contributed by atoms with E-state index in [1.807, 2.05) is 70.6 Å². The van der Waals surface area contributed by atoms with Gasteiger partial charge in [-0.05, 0) is 72.5 Å². The molecule has 7 rings (SSSR count). The lowest BCUT2D eigenvalue weighted by molar-refractivity contribution is 0.0690. The van der Waals surface area contributed by atoms with E-state index >= 15 is 0 Å². The maximum Gasteiger partial charge on any atom is 0.254 e. The lowest BCUT2D eigenvalue weighted by Crippen LogP contribution is -2.40. The number of halogens is 1. The Kier molecular flexibility index (Phi) is 6.70. The molecule has 0 saturated heterocycles. The van der Waals surface area contributed by atoms with E-state index < -0.39 is 0 Å². The van der Waals surface area contributed by atoms with Crippen LogP contribution in [0.2, 0.25) is 0 Å². The van der Waals surface area contributed by atoms with Crippen molar-refractivity contribution in [3.63, 3.8) is 0 Å². The van der Waals surface area contributed by atoms with Crippen molar-refractivity contribution in [2.24, 2.45) is 0 Å². The second-order valence-electron chi connectivity index (χ2n) is 10.9. The maximum atomic E-state index is 13.8. The lowest BCUT2D eigenvalue weighted by Gasteiger charge is -2.35. The molecule has 0 aliphatic carbocycles. The molecule has 3 aromatic carbocycles. The van der Waals surface area contributed by atoms with Gasteiger partial charge >= 0.3 is 0 Å². The highest BCUT2D eigenvalue weighted by Gasteiger charge is 2.34. The summed E-state index contributed by atoms with van der Waals surface area (Å²) in [5.41, 5.74) is 10.1. The Morgan fingerprint density at radius 3 is 2.60 bits per heavy atom. The third kappa shape index (κ3) is 4.92. The number of benzene rings is 3. The molecule has 42 heavy (non-hydrogen) atoms. The molecule has 4 heterocycles. The van der Waals surface area contributed by atoms with E-state index in [0.717, 1.165) is 50.1 Å². The van der Waals surface area contributed by atoms with Gasteiger partial charge in [-0.25, -0.2) is 14.6 Å². The molecule has 0 bridgehead atoms. The number of aromatic nitrogens is 7. The number of amides is 1. The number of aryl methyl sites for hydroxylation is 2. The molecular formula is C32H29BrN8O. The van der Waals surface area contributed by atoms with E-state index in [1.165, 1.54) is 11.1 Å². The molecule has 0 radical (unpaired) electrons. The molecule has 3 aromatic heterocycles. The topological polar surface area (TPSA) is 97.5 Å². The minimum atomic E-state index is -0.241. The van der Waals surface area contributed by atoms with Crippen LogP contribution in [0.25, 0.3) is 11.0 Å². The Balaban J connectivity index is 1.06. The second kappa shape index (κ2) is 10.7. The highest BCUT2D eigenvalue weighted by molar-refractivity contribution is 9.10. The number of carbonyl (C=O) groups excluding carboxylic acids is 1. The minimum absolute atomic E-state index is 0.0100. The summed E-state index contributed by atoms with van der Waals surface area (Å²) in [5, 5.41) is 8.73. The summed E-state index contributed by atoms with van der Waals surface area (Å²) in [5.74, 6) is -0.0100. The molecule has 0 spiro atoms. The predicted octanol–water partition coefficient (Wildman–Crippen LogP) is 5.61. The fraction of sp³-hybridized carbons (Fsp3) is 0.219. The zero-order chi connectivity index (χ0) is 28.8. The Morgan fingerprint density at radius 2 is 1.79 bits per heavy atom. The Bertz CT molecular complexity index is 1900. The zero-order valence-corrected chi connectivity index (χ0v) is 24.9. The van der Waals surface area contributed by atoms with E-state index in [9.17, 15) is 4.79 Å². The summed E-state index contributed by atoms with van der Waals surface area (Å²) in [6.07, 6.45) is 6.28. The van der Waals surface area contributed by atoms with E-state index in [2.05, 4.69) is 71.7 Å². The number of hydrogen-bond donors (Lipinski definition) is 1. The minimum Gasteiger partial charge on any atom is -0.348 e. The first kappa shape index (κ1) is 26.3. The lowest BCUT2D eigenvalue weighted by atomic mass is 9.94. The first-order valence-electron chi connectivity index (χ1n) is 13.9. The molecule has 0 fully saturated rings. The number of imidazole rings is 2. The largest absolute Gasteiger partial charge is 0.348 e. The van der Waals surface area contributed by atoms with Crippen molar-refractivity contribution in [3.8, 4) is 0 Å². The Labute approximate surface area is 251 Å². The quantitative estimate of drug-likeness (QED) is 0.261. The second-order valence-corrected chi connectivity index (χ2v) is 11.8. The monoisotopic (exact) mass is 620 g/mol. The van der Waals surface area contributed by atoms with Crippen LogP contribution >= 0.6 is 15.9 Å². The van der Waals surface area contributed by atoms with Gasteiger partial charge in [0.2, 0.25) is 0 Å². The molecule has 210 valence electrons. The molecule has 6 aromatic rings. The van der Waals surface area contributed by atoms with Gasteiger partial charge in [0, 0.05) is 28.7 Å². The van der Waals surface area contributed by atoms with Crippen molar-refractivity contribution >= 4 is 32.9 Å². The zero-order valence-electron chi connectivity index (χ0n) is 23.3. The molecule has 1 amide bonds. The first-order chi connectivity index (χ1) is 20.4. The van der Waals surface area contributed by atoms with E-state index in [4.69, 9.17) is 0 Å². The van der Waals surface area contributed by atoms with Crippen LogP contribution in [0, 0.1) is 13.8 Å². The van der Waals surface area contributed by atoms with Crippen LogP contribution in [0.15, 0.2) is 84.0 Å². The SMILES string of the molecule is Cc1cc2ncn(Cc3cn(Cc4ccc(C(=O)N5CCc6[nH]cnc6C5c5ccc(Br)cc5)cc4)nn3)c2cc1C. The van der Waals surface area contributed by atoms with Crippen molar-refractivity contribution in [3.05, 3.63) is 129 Å². The molecule has 0 saturated carbocycles. The number of nitrogens with zero attached hydrogens (tertiary/aromatic N) is 7. The Morgan fingerprint density at radius 1 is 1.00 bits per heavy atom. The van der Waals surface area contributed by atoms with Crippen LogP contribution < -0.4 is 0 Å². The Hall–Kier alpha value is -4.57. The number of H-pyrrole nitrogens is 1. The number of rotatable bonds is 6.